The van der Waals surface area contributed by atoms with E-state index in [9.17, 15) is 13.2 Å². The van der Waals surface area contributed by atoms with E-state index in [1.165, 1.54) is 32.1 Å². The van der Waals surface area contributed by atoms with Crippen molar-refractivity contribution in [1.82, 2.24) is 10.0 Å². The van der Waals surface area contributed by atoms with E-state index in [1.54, 1.807) is 26.0 Å². The van der Waals surface area contributed by atoms with Gasteiger partial charge in [0, 0.05) is 6.04 Å². The summed E-state index contributed by atoms with van der Waals surface area (Å²) >= 11 is 0. The Labute approximate surface area is 181 Å². The lowest BCUT2D eigenvalue weighted by Gasteiger charge is -2.54. The average Bonchev–Trinajstić information content (AvgIpc) is 2.62. The molecule has 1 amide bonds. The summed E-state index contributed by atoms with van der Waals surface area (Å²) < 4.78 is 28.6. The van der Waals surface area contributed by atoms with Gasteiger partial charge in [-0.25, -0.2) is 8.42 Å². The fraction of sp³-hybridized carbons (Fsp3) is 0.708. The number of amides is 1. The Bertz CT molecular complexity index is 885. The normalized spacial score (nSPS) is 31.0. The maximum Gasteiger partial charge on any atom is 0.241 e. The third-order valence-corrected chi connectivity index (χ3v) is 9.18. The first-order chi connectivity index (χ1) is 13.8. The van der Waals surface area contributed by atoms with E-state index in [0.29, 0.717) is 11.8 Å². The average molecular weight is 433 g/mol. The van der Waals surface area contributed by atoms with Crippen LogP contribution in [-0.2, 0) is 20.2 Å². The number of carbonyl (C=O) groups excluding carboxylic acids is 1. The van der Waals surface area contributed by atoms with Gasteiger partial charge in [0.05, 0.1) is 4.90 Å². The van der Waals surface area contributed by atoms with Gasteiger partial charge in [0.2, 0.25) is 15.9 Å². The van der Waals surface area contributed by atoms with Crippen molar-refractivity contribution in [2.24, 2.45) is 23.7 Å². The van der Waals surface area contributed by atoms with Crippen LogP contribution in [0.25, 0.3) is 0 Å². The van der Waals surface area contributed by atoms with Gasteiger partial charge >= 0.3 is 0 Å². The van der Waals surface area contributed by atoms with Crippen LogP contribution in [0.15, 0.2) is 29.2 Å². The summed E-state index contributed by atoms with van der Waals surface area (Å²) in [4.78, 5) is 13.3. The first kappa shape index (κ1) is 21.8. The molecular weight excluding hydrogens is 396 g/mol. The highest BCUT2D eigenvalue weighted by molar-refractivity contribution is 7.89. The minimum Gasteiger partial charge on any atom is -0.351 e. The zero-order valence-electron chi connectivity index (χ0n) is 18.9. The summed E-state index contributed by atoms with van der Waals surface area (Å²) in [5.41, 5.74) is -0.190. The quantitative estimate of drug-likeness (QED) is 0.739. The predicted octanol–water partition coefficient (Wildman–Crippen LogP) is 3.98. The van der Waals surface area contributed by atoms with Crippen LogP contribution in [0.5, 0.6) is 0 Å². The minimum atomic E-state index is -3.80. The molecule has 5 nitrogen and oxygen atoms in total. The lowest BCUT2D eigenvalue weighted by Crippen LogP contribution is -2.62. The van der Waals surface area contributed by atoms with Crippen LogP contribution < -0.4 is 10.0 Å². The Kier molecular flexibility index (Phi) is 5.33. The maximum absolute atomic E-state index is 13.1. The van der Waals surface area contributed by atoms with Gasteiger partial charge in [-0.05, 0) is 92.7 Å². The fourth-order valence-electron chi connectivity index (χ4n) is 6.07. The summed E-state index contributed by atoms with van der Waals surface area (Å²) in [6.07, 6.45) is 6.22. The molecule has 1 aromatic carbocycles. The molecule has 5 rings (SSSR count). The van der Waals surface area contributed by atoms with Gasteiger partial charge < -0.3 is 5.32 Å². The van der Waals surface area contributed by atoms with E-state index in [2.05, 4.69) is 30.8 Å². The van der Waals surface area contributed by atoms with Crippen molar-refractivity contribution in [2.75, 3.05) is 0 Å². The number of hydrogen-bond acceptors (Lipinski definition) is 3. The van der Waals surface area contributed by atoms with Gasteiger partial charge in [-0.15, -0.1) is 0 Å². The van der Waals surface area contributed by atoms with E-state index in [-0.39, 0.29) is 22.3 Å². The van der Waals surface area contributed by atoms with Crippen molar-refractivity contribution in [3.63, 3.8) is 0 Å². The SMILES string of the molecule is CC(C)(NS(=O)(=O)c1ccc(C(C)(C)C)cc1)C(=O)NC1C2CC3CC(C2)CC1C3. The molecule has 4 aliphatic carbocycles. The van der Waals surface area contributed by atoms with Crippen LogP contribution in [0.3, 0.4) is 0 Å². The molecule has 0 spiro atoms. The Hall–Kier alpha value is -1.40. The minimum absolute atomic E-state index is 0.0481. The molecule has 4 aliphatic rings. The van der Waals surface area contributed by atoms with Crippen LogP contribution in [0, 0.1) is 23.7 Å². The number of benzene rings is 1. The van der Waals surface area contributed by atoms with Gasteiger partial charge in [-0.1, -0.05) is 32.9 Å². The smallest absolute Gasteiger partial charge is 0.241 e. The summed E-state index contributed by atoms with van der Waals surface area (Å²) in [5.74, 6) is 2.56. The van der Waals surface area contributed by atoms with Gasteiger partial charge in [-0.3, -0.25) is 4.79 Å². The molecule has 6 heteroatoms. The van der Waals surface area contributed by atoms with Crippen LogP contribution in [-0.4, -0.2) is 25.9 Å². The second kappa shape index (κ2) is 7.33. The molecule has 4 bridgehead atoms. The van der Waals surface area contributed by atoms with Crippen LogP contribution in [0.1, 0.15) is 72.3 Å². The number of sulfonamides is 1. The van der Waals surface area contributed by atoms with Gasteiger partial charge in [0.15, 0.2) is 0 Å². The van der Waals surface area contributed by atoms with Crippen LogP contribution >= 0.6 is 0 Å². The number of carbonyl (C=O) groups is 1. The molecule has 2 N–H and O–H groups in total. The van der Waals surface area contributed by atoms with Crippen molar-refractivity contribution in [1.29, 1.82) is 0 Å². The molecule has 0 unspecified atom stereocenters. The van der Waals surface area contributed by atoms with Crippen molar-refractivity contribution in [2.45, 2.75) is 88.6 Å². The molecule has 4 saturated carbocycles. The molecule has 4 fully saturated rings. The topological polar surface area (TPSA) is 75.3 Å². The van der Waals surface area contributed by atoms with Gasteiger partial charge in [0.1, 0.15) is 5.54 Å². The molecule has 0 aromatic heterocycles. The molecule has 1 aromatic rings. The molecule has 0 heterocycles. The van der Waals surface area contributed by atoms with E-state index in [1.807, 2.05) is 12.1 Å². The Morgan fingerprint density at radius 1 is 0.867 bits per heavy atom. The zero-order valence-corrected chi connectivity index (χ0v) is 19.7. The molecule has 0 saturated heterocycles. The highest BCUT2D eigenvalue weighted by Crippen LogP contribution is 2.53. The Morgan fingerprint density at radius 2 is 1.37 bits per heavy atom. The highest BCUT2D eigenvalue weighted by atomic mass is 32.2. The second-order valence-corrected chi connectivity index (χ2v) is 13.1. The van der Waals surface area contributed by atoms with E-state index < -0.39 is 15.6 Å². The van der Waals surface area contributed by atoms with Gasteiger partial charge in [0.25, 0.3) is 0 Å². The molecule has 166 valence electrons. The number of rotatable bonds is 5. The van der Waals surface area contributed by atoms with Crippen LogP contribution in [0.2, 0.25) is 0 Å². The van der Waals surface area contributed by atoms with Gasteiger partial charge in [-0.2, -0.15) is 4.72 Å². The van der Waals surface area contributed by atoms with E-state index in [0.717, 1.165) is 17.4 Å². The monoisotopic (exact) mass is 432 g/mol. The van der Waals surface area contributed by atoms with Crippen molar-refractivity contribution < 1.29 is 13.2 Å². The fourth-order valence-corrected chi connectivity index (χ4v) is 7.44. The van der Waals surface area contributed by atoms with Crippen molar-refractivity contribution in [3.8, 4) is 0 Å². The Balaban J connectivity index is 1.44. The highest BCUT2D eigenvalue weighted by Gasteiger charge is 2.49. The predicted molar refractivity (Wildman–Crippen MR) is 119 cm³/mol. The van der Waals surface area contributed by atoms with Crippen molar-refractivity contribution in [3.05, 3.63) is 29.8 Å². The zero-order chi connectivity index (χ0) is 21.9. The van der Waals surface area contributed by atoms with Crippen LogP contribution in [0.4, 0.5) is 0 Å². The summed E-state index contributed by atoms with van der Waals surface area (Å²) in [5, 5.41) is 3.24. The third kappa shape index (κ3) is 4.18. The lowest BCUT2D eigenvalue weighted by atomic mass is 9.54. The molecule has 0 radical (unpaired) electrons. The largest absolute Gasteiger partial charge is 0.351 e. The standard InChI is InChI=1S/C24H36N2O3S/c1-23(2,3)19-6-8-20(9-7-19)30(28,29)26-24(4,5)22(27)25-21-17-11-15-10-16(13-17)14-18(21)12-15/h6-9,15-18,21,26H,10-14H2,1-5H3,(H,25,27). The maximum atomic E-state index is 13.1. The number of nitrogens with one attached hydrogen (secondary N) is 2. The lowest BCUT2D eigenvalue weighted by molar-refractivity contribution is -0.129. The summed E-state index contributed by atoms with van der Waals surface area (Å²) in [7, 11) is -3.80. The summed E-state index contributed by atoms with van der Waals surface area (Å²) in [6.45, 7) is 9.57. The molecule has 0 atom stereocenters. The summed E-state index contributed by atoms with van der Waals surface area (Å²) in [6, 6.07) is 7.12. The third-order valence-electron chi connectivity index (χ3n) is 7.51. The van der Waals surface area contributed by atoms with E-state index in [4.69, 9.17) is 0 Å². The Morgan fingerprint density at radius 3 is 1.83 bits per heavy atom. The van der Waals surface area contributed by atoms with E-state index >= 15 is 0 Å². The first-order valence-electron chi connectivity index (χ1n) is 11.3. The molecule has 30 heavy (non-hydrogen) atoms. The van der Waals surface area contributed by atoms with Crippen molar-refractivity contribution >= 4 is 15.9 Å². The number of hydrogen-bond donors (Lipinski definition) is 2. The second-order valence-electron chi connectivity index (χ2n) is 11.4. The molecule has 0 aliphatic heterocycles. The first-order valence-corrected chi connectivity index (χ1v) is 12.8. The molecular formula is C24H36N2O3S.